The Labute approximate surface area is 220 Å². The first kappa shape index (κ1) is 27.2. The summed E-state index contributed by atoms with van der Waals surface area (Å²) in [4.78, 5) is 31.1. The molecule has 1 saturated carbocycles. The quantitative estimate of drug-likeness (QED) is 0.592. The van der Waals surface area contributed by atoms with E-state index in [1.165, 1.54) is 11.0 Å². The molecule has 1 aromatic rings. The predicted molar refractivity (Wildman–Crippen MR) is 131 cm³/mol. The topological polar surface area (TPSA) is 82.6 Å². The molecule has 0 radical (unpaired) electrons. The lowest BCUT2D eigenvalue weighted by atomic mass is 9.85. The van der Waals surface area contributed by atoms with Gasteiger partial charge in [0.15, 0.2) is 6.73 Å². The highest BCUT2D eigenvalue weighted by atomic mass is 19.4. The number of alkyl halides is 3. The number of carbonyl (C=O) groups excluding carboxylic acids is 1. The molecule has 0 aromatic heterocycles. The highest BCUT2D eigenvalue weighted by molar-refractivity contribution is 5.86. The van der Waals surface area contributed by atoms with Crippen molar-refractivity contribution in [3.05, 3.63) is 29.3 Å². The lowest BCUT2D eigenvalue weighted by Crippen LogP contribution is -2.62. The summed E-state index contributed by atoms with van der Waals surface area (Å²) in [5.74, 6) is -0.496. The van der Waals surface area contributed by atoms with Crippen LogP contribution in [0.1, 0.15) is 57.1 Å². The Balaban J connectivity index is 1.22. The number of nitrogens with zero attached hydrogens (tertiary/aromatic N) is 3. The van der Waals surface area contributed by atoms with Gasteiger partial charge < -0.3 is 19.5 Å². The molecule has 1 unspecified atom stereocenters. The SMILES string of the molecule is CC(CC(=O)O)N1CCN([C@@H]2CC[C@@](C(=O)N3COc4ccc(C(F)(F)F)cc4C3)(C3CC3)OC2)C[C@@H]1C. The number of halogens is 3. The number of carbonyl (C=O) groups is 2. The Hall–Kier alpha value is -2.37. The van der Waals surface area contributed by atoms with Crippen LogP contribution in [-0.2, 0) is 27.0 Å². The van der Waals surface area contributed by atoms with E-state index >= 15 is 0 Å². The third-order valence-electron chi connectivity index (χ3n) is 8.66. The molecule has 1 N–H and O–H groups in total. The Morgan fingerprint density at radius 2 is 1.97 bits per heavy atom. The summed E-state index contributed by atoms with van der Waals surface area (Å²) in [5, 5.41) is 9.15. The van der Waals surface area contributed by atoms with Crippen LogP contribution in [-0.4, -0.2) is 88.4 Å². The van der Waals surface area contributed by atoms with E-state index in [9.17, 15) is 22.8 Å². The van der Waals surface area contributed by atoms with E-state index in [-0.39, 0.29) is 49.6 Å². The molecule has 11 heteroatoms. The molecule has 5 rings (SSSR count). The Bertz CT molecular complexity index is 1050. The van der Waals surface area contributed by atoms with Crippen LogP contribution < -0.4 is 4.74 Å². The third-order valence-corrected chi connectivity index (χ3v) is 8.66. The van der Waals surface area contributed by atoms with Gasteiger partial charge in [-0.3, -0.25) is 19.4 Å². The second-order valence-corrected chi connectivity index (χ2v) is 11.3. The van der Waals surface area contributed by atoms with Crippen molar-refractivity contribution in [2.24, 2.45) is 5.92 Å². The van der Waals surface area contributed by atoms with Gasteiger partial charge >= 0.3 is 12.1 Å². The summed E-state index contributed by atoms with van der Waals surface area (Å²) >= 11 is 0. The van der Waals surface area contributed by atoms with E-state index in [4.69, 9.17) is 14.6 Å². The first-order valence-corrected chi connectivity index (χ1v) is 13.5. The summed E-state index contributed by atoms with van der Waals surface area (Å²) in [6, 6.07) is 3.73. The molecule has 1 aromatic carbocycles. The fourth-order valence-corrected chi connectivity index (χ4v) is 6.46. The van der Waals surface area contributed by atoms with Crippen LogP contribution in [0.5, 0.6) is 5.75 Å². The van der Waals surface area contributed by atoms with Crippen molar-refractivity contribution in [3.8, 4) is 5.75 Å². The average Bonchev–Trinajstić information content (AvgIpc) is 3.73. The molecular formula is C27H36F3N3O5. The van der Waals surface area contributed by atoms with Crippen molar-refractivity contribution in [1.82, 2.24) is 14.7 Å². The molecule has 3 fully saturated rings. The predicted octanol–water partition coefficient (Wildman–Crippen LogP) is 3.58. The molecule has 1 aliphatic carbocycles. The summed E-state index contributed by atoms with van der Waals surface area (Å²) in [6.45, 7) is 6.94. The Morgan fingerprint density at radius 3 is 2.58 bits per heavy atom. The molecule has 0 bridgehead atoms. The first-order chi connectivity index (χ1) is 18.0. The first-order valence-electron chi connectivity index (χ1n) is 13.5. The highest BCUT2D eigenvalue weighted by Crippen LogP contribution is 2.48. The number of benzene rings is 1. The number of fused-ring (bicyclic) bond motifs is 1. The van der Waals surface area contributed by atoms with Crippen molar-refractivity contribution in [2.45, 2.75) is 82.4 Å². The molecular weight excluding hydrogens is 503 g/mol. The van der Waals surface area contributed by atoms with Crippen LogP contribution in [0.4, 0.5) is 13.2 Å². The Morgan fingerprint density at radius 1 is 1.21 bits per heavy atom. The van der Waals surface area contributed by atoms with E-state index in [2.05, 4.69) is 16.7 Å². The number of amides is 1. The highest BCUT2D eigenvalue weighted by Gasteiger charge is 2.56. The molecule has 1 amide bonds. The van der Waals surface area contributed by atoms with Crippen molar-refractivity contribution < 1.29 is 37.3 Å². The maximum absolute atomic E-state index is 13.8. The summed E-state index contributed by atoms with van der Waals surface area (Å²) < 4.78 is 51.8. The minimum Gasteiger partial charge on any atom is -0.481 e. The smallest absolute Gasteiger partial charge is 0.416 e. The van der Waals surface area contributed by atoms with Crippen LogP contribution in [0.2, 0.25) is 0 Å². The van der Waals surface area contributed by atoms with Gasteiger partial charge in [-0.15, -0.1) is 0 Å². The van der Waals surface area contributed by atoms with Gasteiger partial charge in [0.25, 0.3) is 5.91 Å². The van der Waals surface area contributed by atoms with Crippen LogP contribution in [0, 0.1) is 5.92 Å². The van der Waals surface area contributed by atoms with E-state index < -0.39 is 23.3 Å². The monoisotopic (exact) mass is 539 g/mol. The van der Waals surface area contributed by atoms with E-state index in [1.807, 2.05) is 6.92 Å². The molecule has 3 aliphatic heterocycles. The lowest BCUT2D eigenvalue weighted by Gasteiger charge is -2.49. The zero-order valence-electron chi connectivity index (χ0n) is 21.9. The van der Waals surface area contributed by atoms with E-state index in [1.54, 1.807) is 0 Å². The van der Waals surface area contributed by atoms with Crippen molar-refractivity contribution in [1.29, 1.82) is 0 Å². The van der Waals surface area contributed by atoms with Gasteiger partial charge in [-0.2, -0.15) is 13.2 Å². The van der Waals surface area contributed by atoms with Crippen LogP contribution in [0.15, 0.2) is 18.2 Å². The summed E-state index contributed by atoms with van der Waals surface area (Å²) in [7, 11) is 0. The number of piperazine rings is 1. The van der Waals surface area contributed by atoms with Crippen molar-refractivity contribution in [2.75, 3.05) is 33.0 Å². The van der Waals surface area contributed by atoms with Crippen molar-refractivity contribution in [3.63, 3.8) is 0 Å². The molecule has 210 valence electrons. The fourth-order valence-electron chi connectivity index (χ4n) is 6.46. The van der Waals surface area contributed by atoms with Gasteiger partial charge in [0.2, 0.25) is 0 Å². The minimum atomic E-state index is -4.46. The lowest BCUT2D eigenvalue weighted by molar-refractivity contribution is -0.181. The number of aliphatic carboxylic acids is 1. The van der Waals surface area contributed by atoms with Crippen LogP contribution in [0.25, 0.3) is 0 Å². The minimum absolute atomic E-state index is 0.00748. The molecule has 4 atom stereocenters. The maximum atomic E-state index is 13.8. The molecule has 2 saturated heterocycles. The largest absolute Gasteiger partial charge is 0.481 e. The van der Waals surface area contributed by atoms with E-state index in [0.29, 0.717) is 24.3 Å². The normalized spacial score (nSPS) is 29.9. The van der Waals surface area contributed by atoms with Crippen LogP contribution in [0.3, 0.4) is 0 Å². The Kier molecular flexibility index (Phi) is 7.38. The zero-order valence-corrected chi connectivity index (χ0v) is 21.9. The number of carboxylic acid groups (broad SMARTS) is 1. The number of hydrogen-bond donors (Lipinski definition) is 1. The van der Waals surface area contributed by atoms with Gasteiger partial charge in [-0.25, -0.2) is 0 Å². The molecule has 8 nitrogen and oxygen atoms in total. The summed E-state index contributed by atoms with van der Waals surface area (Å²) in [6.07, 6.45) is -1.19. The van der Waals surface area contributed by atoms with Gasteiger partial charge in [-0.1, -0.05) is 0 Å². The molecule has 38 heavy (non-hydrogen) atoms. The number of ether oxygens (including phenoxy) is 2. The van der Waals surface area contributed by atoms with E-state index in [0.717, 1.165) is 51.0 Å². The number of carboxylic acids is 1. The van der Waals surface area contributed by atoms with Crippen molar-refractivity contribution >= 4 is 11.9 Å². The fraction of sp³-hybridized carbons (Fsp3) is 0.704. The average molecular weight is 540 g/mol. The standard InChI is InChI=1S/C27H36F3N3O5/c1-17(11-24(34)35)33-10-9-31(13-18(33)2)22-7-8-26(38-15-22,20-3-4-20)25(36)32-14-19-12-21(27(28,29)30)5-6-23(19)37-16-32/h5-6,12,17-18,20,22H,3-4,7-11,13-16H2,1-2H3,(H,34,35)/t17?,18-,22+,26-/m0/s1. The molecule has 3 heterocycles. The summed E-state index contributed by atoms with van der Waals surface area (Å²) in [5.41, 5.74) is -1.36. The maximum Gasteiger partial charge on any atom is 0.416 e. The molecule has 4 aliphatic rings. The second-order valence-electron chi connectivity index (χ2n) is 11.3. The second kappa shape index (κ2) is 10.3. The van der Waals surface area contributed by atoms with Gasteiger partial charge in [0.1, 0.15) is 11.4 Å². The van der Waals surface area contributed by atoms with Crippen LogP contribution >= 0.6 is 0 Å². The number of rotatable bonds is 6. The number of hydrogen-bond acceptors (Lipinski definition) is 6. The zero-order chi connectivity index (χ0) is 27.2. The van der Waals surface area contributed by atoms with Gasteiger partial charge in [0, 0.05) is 43.3 Å². The van der Waals surface area contributed by atoms with Gasteiger partial charge in [0.05, 0.1) is 25.1 Å². The molecule has 0 spiro atoms. The third kappa shape index (κ3) is 5.37. The van der Waals surface area contributed by atoms with Gasteiger partial charge in [-0.05, 0) is 63.6 Å².